The fourth-order valence-electron chi connectivity index (χ4n) is 3.16. The molecule has 0 saturated heterocycles. The first-order valence-electron chi connectivity index (χ1n) is 8.20. The first-order valence-corrected chi connectivity index (χ1v) is 8.20. The van der Waals surface area contributed by atoms with Gasteiger partial charge in [0.15, 0.2) is 0 Å². The predicted molar refractivity (Wildman–Crippen MR) is 92.6 cm³/mol. The summed E-state index contributed by atoms with van der Waals surface area (Å²) >= 11 is 0. The molecule has 1 saturated carbocycles. The lowest BCUT2D eigenvalue weighted by molar-refractivity contribution is 0.463. The molecule has 5 nitrogen and oxygen atoms in total. The molecule has 1 heterocycles. The van der Waals surface area contributed by atoms with Gasteiger partial charge in [-0.1, -0.05) is 19.3 Å². The number of hydrogen-bond donors (Lipinski definition) is 2. The minimum atomic E-state index is 0.580. The Labute approximate surface area is 135 Å². The maximum absolute atomic E-state index is 5.74. The van der Waals surface area contributed by atoms with Crippen molar-refractivity contribution < 1.29 is 0 Å². The third kappa shape index (κ3) is 2.99. The molecule has 0 amide bonds. The Morgan fingerprint density at radius 1 is 1.00 bits per heavy atom. The number of aromatic nitrogens is 3. The van der Waals surface area contributed by atoms with Crippen molar-refractivity contribution in [3.05, 3.63) is 42.5 Å². The second-order valence-electron chi connectivity index (χ2n) is 6.16. The summed E-state index contributed by atoms with van der Waals surface area (Å²) in [6, 6.07) is 15.5. The first-order chi connectivity index (χ1) is 11.3. The van der Waals surface area contributed by atoms with Crippen molar-refractivity contribution >= 4 is 22.4 Å². The number of fused-ring (bicyclic) bond motifs is 1. The maximum atomic E-state index is 5.74. The molecular formula is C18H20N5. The summed E-state index contributed by atoms with van der Waals surface area (Å²) in [5, 5.41) is 12.5. The second kappa shape index (κ2) is 5.91. The van der Waals surface area contributed by atoms with Crippen LogP contribution in [0.5, 0.6) is 0 Å². The Morgan fingerprint density at radius 3 is 2.57 bits per heavy atom. The fourth-order valence-corrected chi connectivity index (χ4v) is 3.16. The standard InChI is InChI=1S/C18H20N5/c19-13-6-11-17-18(12-13)22-23(21-17)16-9-7-15(8-10-16)20-14-4-2-1-3-5-14/h6-11,14,20H,1-5,19H2. The number of nitrogens with two attached hydrogens (primary N) is 1. The maximum Gasteiger partial charge on any atom is 0.123 e. The molecule has 0 aliphatic heterocycles. The van der Waals surface area contributed by atoms with Gasteiger partial charge in [0.2, 0.25) is 0 Å². The molecule has 3 N–H and O–H groups in total. The van der Waals surface area contributed by atoms with Crippen LogP contribution in [-0.4, -0.2) is 21.0 Å². The topological polar surface area (TPSA) is 68.8 Å². The van der Waals surface area contributed by atoms with Crippen LogP contribution in [0.2, 0.25) is 0 Å². The zero-order chi connectivity index (χ0) is 15.6. The summed E-state index contributed by atoms with van der Waals surface area (Å²) < 4.78 is 0. The van der Waals surface area contributed by atoms with E-state index in [1.807, 2.05) is 18.2 Å². The molecule has 0 atom stereocenters. The Kier molecular flexibility index (Phi) is 3.61. The Balaban J connectivity index is 1.54. The van der Waals surface area contributed by atoms with Crippen molar-refractivity contribution in [3.63, 3.8) is 0 Å². The highest BCUT2D eigenvalue weighted by atomic mass is 15.5. The second-order valence-corrected chi connectivity index (χ2v) is 6.16. The van der Waals surface area contributed by atoms with Crippen molar-refractivity contribution in [2.24, 2.45) is 0 Å². The molecule has 4 rings (SSSR count). The van der Waals surface area contributed by atoms with Crippen molar-refractivity contribution in [2.75, 3.05) is 11.1 Å². The van der Waals surface area contributed by atoms with Gasteiger partial charge in [-0.15, -0.1) is 10.2 Å². The van der Waals surface area contributed by atoms with Crippen molar-refractivity contribution in [1.29, 1.82) is 0 Å². The molecule has 0 spiro atoms. The average molecular weight is 306 g/mol. The van der Waals surface area contributed by atoms with Gasteiger partial charge in [0.25, 0.3) is 0 Å². The highest BCUT2D eigenvalue weighted by molar-refractivity contribution is 5.76. The van der Waals surface area contributed by atoms with Crippen LogP contribution in [0.4, 0.5) is 11.4 Å². The van der Waals surface area contributed by atoms with Crippen LogP contribution in [-0.2, 0) is 0 Å². The van der Waals surface area contributed by atoms with E-state index in [0.717, 1.165) is 16.9 Å². The van der Waals surface area contributed by atoms with Crippen LogP contribution in [0.3, 0.4) is 0 Å². The van der Waals surface area contributed by atoms with Gasteiger partial charge < -0.3 is 11.1 Å². The molecule has 0 bridgehead atoms. The van der Waals surface area contributed by atoms with E-state index < -0.39 is 0 Å². The van der Waals surface area contributed by atoms with Gasteiger partial charge in [-0.25, -0.2) is 0 Å². The third-order valence-electron chi connectivity index (χ3n) is 4.40. The molecule has 1 aliphatic rings. The molecular weight excluding hydrogens is 286 g/mol. The minimum Gasteiger partial charge on any atom is -0.398 e. The van der Waals surface area contributed by atoms with Crippen LogP contribution in [0.1, 0.15) is 32.1 Å². The van der Waals surface area contributed by atoms with Crippen LogP contribution in [0.25, 0.3) is 16.7 Å². The zero-order valence-electron chi connectivity index (χ0n) is 13.0. The van der Waals surface area contributed by atoms with Gasteiger partial charge in [0.1, 0.15) is 11.0 Å². The van der Waals surface area contributed by atoms with Gasteiger partial charge in [-0.2, -0.15) is 4.80 Å². The van der Waals surface area contributed by atoms with Crippen molar-refractivity contribution in [2.45, 2.75) is 38.1 Å². The highest BCUT2D eigenvalue weighted by Crippen LogP contribution is 2.22. The number of hydrogen-bond acceptors (Lipinski definition) is 4. The molecule has 1 aliphatic carbocycles. The monoisotopic (exact) mass is 306 g/mol. The molecule has 117 valence electrons. The number of anilines is 2. The molecule has 1 aromatic heterocycles. The van der Waals surface area contributed by atoms with Gasteiger partial charge in [0.05, 0.1) is 5.69 Å². The molecule has 1 fully saturated rings. The largest absolute Gasteiger partial charge is 0.398 e. The minimum absolute atomic E-state index is 0.580. The van der Waals surface area contributed by atoms with Crippen LogP contribution < -0.4 is 11.1 Å². The summed E-state index contributed by atoms with van der Waals surface area (Å²) in [7, 11) is 0. The van der Waals surface area contributed by atoms with Gasteiger partial charge in [-0.3, -0.25) is 0 Å². The predicted octanol–water partition coefficient (Wildman–Crippen LogP) is 3.55. The van der Waals surface area contributed by atoms with Crippen molar-refractivity contribution in [1.82, 2.24) is 15.0 Å². The average Bonchev–Trinajstić information content (AvgIpc) is 2.99. The van der Waals surface area contributed by atoms with Gasteiger partial charge in [0, 0.05) is 23.5 Å². The zero-order valence-corrected chi connectivity index (χ0v) is 13.0. The van der Waals surface area contributed by atoms with E-state index in [4.69, 9.17) is 5.73 Å². The van der Waals surface area contributed by atoms with E-state index in [-0.39, 0.29) is 0 Å². The number of nitrogens with one attached hydrogen (secondary N) is 1. The Hall–Kier alpha value is -2.56. The SMILES string of the molecule is Nc1[c]c2nn(-c3ccc(NC4CCCCC4)cc3)nc2cc1. The van der Waals surface area contributed by atoms with E-state index in [0.29, 0.717) is 17.2 Å². The summed E-state index contributed by atoms with van der Waals surface area (Å²) in [4.78, 5) is 1.63. The number of nitrogen functional groups attached to an aromatic ring is 1. The summed E-state index contributed by atoms with van der Waals surface area (Å²) in [6.45, 7) is 0. The quantitative estimate of drug-likeness (QED) is 0.726. The lowest BCUT2D eigenvalue weighted by Gasteiger charge is -2.23. The van der Waals surface area contributed by atoms with Crippen LogP contribution in [0, 0.1) is 6.07 Å². The molecule has 3 aromatic rings. The van der Waals surface area contributed by atoms with Crippen LogP contribution in [0.15, 0.2) is 36.4 Å². The Morgan fingerprint density at radius 2 is 1.78 bits per heavy atom. The van der Waals surface area contributed by atoms with E-state index in [2.05, 4.69) is 33.7 Å². The Bertz CT molecular complexity index is 800. The molecule has 1 radical (unpaired) electrons. The lowest BCUT2D eigenvalue weighted by atomic mass is 9.95. The van der Waals surface area contributed by atoms with E-state index in [1.54, 1.807) is 10.9 Å². The summed E-state index contributed by atoms with van der Waals surface area (Å²) in [6.07, 6.45) is 6.58. The first kappa shape index (κ1) is 14.1. The fraction of sp³-hybridized carbons (Fsp3) is 0.333. The summed E-state index contributed by atoms with van der Waals surface area (Å²) in [5.74, 6) is 0. The number of nitrogens with zero attached hydrogens (tertiary/aromatic N) is 3. The molecule has 2 aromatic carbocycles. The van der Waals surface area contributed by atoms with Crippen LogP contribution >= 0.6 is 0 Å². The van der Waals surface area contributed by atoms with Crippen molar-refractivity contribution in [3.8, 4) is 5.69 Å². The number of rotatable bonds is 3. The smallest absolute Gasteiger partial charge is 0.123 e. The van der Waals surface area contributed by atoms with Gasteiger partial charge in [-0.05, 0) is 49.2 Å². The van der Waals surface area contributed by atoms with E-state index in [9.17, 15) is 0 Å². The van der Waals surface area contributed by atoms with E-state index in [1.165, 1.54) is 32.1 Å². The highest BCUT2D eigenvalue weighted by Gasteiger charge is 2.13. The van der Waals surface area contributed by atoms with E-state index >= 15 is 0 Å². The normalized spacial score (nSPS) is 15.8. The summed E-state index contributed by atoms with van der Waals surface area (Å²) in [5.41, 5.74) is 9.90. The molecule has 0 unspecified atom stereocenters. The van der Waals surface area contributed by atoms with Gasteiger partial charge >= 0.3 is 0 Å². The lowest BCUT2D eigenvalue weighted by Crippen LogP contribution is -2.22. The third-order valence-corrected chi connectivity index (χ3v) is 4.40. The molecule has 5 heteroatoms. The number of benzene rings is 2. The molecule has 23 heavy (non-hydrogen) atoms.